The molecule has 1 aliphatic carbocycles. The highest BCUT2D eigenvalue weighted by atomic mass is 16.5. The Morgan fingerprint density at radius 3 is 2.61 bits per heavy atom. The lowest BCUT2D eigenvalue weighted by molar-refractivity contribution is -0.111. The SMILES string of the molecule is COC1=CCCC=C1C(=O)/C=C/c1ccccc1. The molecule has 0 unspecified atom stereocenters. The average molecular weight is 240 g/mol. The van der Waals surface area contributed by atoms with Crippen molar-refractivity contribution in [2.24, 2.45) is 0 Å². The summed E-state index contributed by atoms with van der Waals surface area (Å²) in [6.07, 6.45) is 9.15. The quantitative estimate of drug-likeness (QED) is 0.753. The molecule has 0 saturated carbocycles. The topological polar surface area (TPSA) is 26.3 Å². The van der Waals surface area contributed by atoms with Crippen LogP contribution in [0.5, 0.6) is 0 Å². The van der Waals surface area contributed by atoms with E-state index in [1.807, 2.05) is 48.6 Å². The third-order valence-electron chi connectivity index (χ3n) is 2.82. The van der Waals surface area contributed by atoms with Crippen LogP contribution in [-0.2, 0) is 9.53 Å². The van der Waals surface area contributed by atoms with Crippen LogP contribution in [0, 0.1) is 0 Å². The van der Waals surface area contributed by atoms with Crippen molar-refractivity contribution in [3.63, 3.8) is 0 Å². The second kappa shape index (κ2) is 6.01. The molecular weight excluding hydrogens is 224 g/mol. The van der Waals surface area contributed by atoms with Gasteiger partial charge in [0, 0.05) is 0 Å². The summed E-state index contributed by atoms with van der Waals surface area (Å²) in [5.74, 6) is 0.676. The van der Waals surface area contributed by atoms with Gasteiger partial charge in [0.25, 0.3) is 0 Å². The maximum absolute atomic E-state index is 12.1. The minimum atomic E-state index is -0.00773. The summed E-state index contributed by atoms with van der Waals surface area (Å²) < 4.78 is 5.22. The molecule has 2 rings (SSSR count). The Hall–Kier alpha value is -2.09. The molecule has 0 N–H and O–H groups in total. The Labute approximate surface area is 107 Å². The number of ether oxygens (including phenoxy) is 1. The summed E-state index contributed by atoms with van der Waals surface area (Å²) in [7, 11) is 1.60. The molecule has 2 nitrogen and oxygen atoms in total. The molecule has 0 bridgehead atoms. The van der Waals surface area contributed by atoms with Crippen LogP contribution in [0.25, 0.3) is 6.08 Å². The van der Waals surface area contributed by atoms with Gasteiger partial charge in [-0.1, -0.05) is 42.5 Å². The number of hydrogen-bond acceptors (Lipinski definition) is 2. The zero-order valence-electron chi connectivity index (χ0n) is 10.4. The van der Waals surface area contributed by atoms with E-state index in [9.17, 15) is 4.79 Å². The third-order valence-corrected chi connectivity index (χ3v) is 2.82. The van der Waals surface area contributed by atoms with Crippen molar-refractivity contribution < 1.29 is 9.53 Å². The van der Waals surface area contributed by atoms with Crippen LogP contribution in [0.3, 0.4) is 0 Å². The smallest absolute Gasteiger partial charge is 0.189 e. The summed E-state index contributed by atoms with van der Waals surface area (Å²) in [5, 5.41) is 0. The fraction of sp³-hybridized carbons (Fsp3) is 0.188. The van der Waals surface area contributed by atoms with Crippen molar-refractivity contribution in [3.05, 3.63) is 65.5 Å². The molecule has 0 saturated heterocycles. The molecular formula is C16H16O2. The lowest BCUT2D eigenvalue weighted by atomic mass is 10.0. The van der Waals surface area contributed by atoms with Crippen molar-refractivity contribution in [3.8, 4) is 0 Å². The van der Waals surface area contributed by atoms with Gasteiger partial charge in [0.2, 0.25) is 0 Å². The van der Waals surface area contributed by atoms with E-state index in [1.165, 1.54) is 0 Å². The number of allylic oxidation sites excluding steroid dienone is 4. The highest BCUT2D eigenvalue weighted by Crippen LogP contribution is 2.20. The summed E-state index contributed by atoms with van der Waals surface area (Å²) >= 11 is 0. The standard InChI is InChI=1S/C16H16O2/c1-18-16-10-6-5-9-14(16)15(17)12-11-13-7-3-2-4-8-13/h2-4,7-12H,5-6H2,1H3/b12-11+. The monoisotopic (exact) mass is 240 g/mol. The van der Waals surface area contributed by atoms with Gasteiger partial charge in [0.1, 0.15) is 5.76 Å². The van der Waals surface area contributed by atoms with Crippen molar-refractivity contribution in [2.45, 2.75) is 12.8 Å². The third kappa shape index (κ3) is 2.98. The second-order valence-corrected chi connectivity index (χ2v) is 4.08. The highest BCUT2D eigenvalue weighted by Gasteiger charge is 2.14. The first-order valence-corrected chi connectivity index (χ1v) is 6.03. The van der Waals surface area contributed by atoms with Crippen molar-refractivity contribution in [1.82, 2.24) is 0 Å². The Bertz CT molecular complexity index is 507. The number of ketones is 1. The lowest BCUT2D eigenvalue weighted by Gasteiger charge is -2.12. The largest absolute Gasteiger partial charge is 0.496 e. The summed E-state index contributed by atoms with van der Waals surface area (Å²) in [6.45, 7) is 0. The van der Waals surface area contributed by atoms with Crippen molar-refractivity contribution in [1.29, 1.82) is 0 Å². The predicted octanol–water partition coefficient (Wildman–Crippen LogP) is 3.52. The average Bonchev–Trinajstić information content (AvgIpc) is 2.45. The van der Waals surface area contributed by atoms with E-state index in [0.29, 0.717) is 11.3 Å². The number of carbonyl (C=O) groups excluding carboxylic acids is 1. The zero-order valence-corrected chi connectivity index (χ0v) is 10.4. The molecule has 1 aromatic carbocycles. The molecule has 0 aromatic heterocycles. The number of methoxy groups -OCH3 is 1. The Balaban J connectivity index is 2.11. The van der Waals surface area contributed by atoms with E-state index in [2.05, 4.69) is 0 Å². The maximum Gasteiger partial charge on any atom is 0.189 e. The zero-order chi connectivity index (χ0) is 12.8. The van der Waals surface area contributed by atoms with Crippen molar-refractivity contribution in [2.75, 3.05) is 7.11 Å². The molecule has 18 heavy (non-hydrogen) atoms. The number of carbonyl (C=O) groups is 1. The summed E-state index contributed by atoms with van der Waals surface area (Å²) in [6, 6.07) is 9.78. The van der Waals surface area contributed by atoms with Gasteiger partial charge in [-0.25, -0.2) is 0 Å². The van der Waals surface area contributed by atoms with Crippen LogP contribution >= 0.6 is 0 Å². The van der Waals surface area contributed by atoms with E-state index in [1.54, 1.807) is 13.2 Å². The fourth-order valence-electron chi connectivity index (χ4n) is 1.89. The van der Waals surface area contributed by atoms with Crippen LogP contribution in [-0.4, -0.2) is 12.9 Å². The van der Waals surface area contributed by atoms with Crippen LogP contribution in [0.4, 0.5) is 0 Å². The van der Waals surface area contributed by atoms with Crippen LogP contribution in [0.1, 0.15) is 18.4 Å². The van der Waals surface area contributed by atoms with E-state index in [-0.39, 0.29) is 5.78 Å². The highest BCUT2D eigenvalue weighted by molar-refractivity contribution is 6.09. The van der Waals surface area contributed by atoms with Gasteiger partial charge < -0.3 is 4.74 Å². The van der Waals surface area contributed by atoms with Gasteiger partial charge in [-0.3, -0.25) is 4.79 Å². The summed E-state index contributed by atoms with van der Waals surface area (Å²) in [5.41, 5.74) is 1.68. The van der Waals surface area contributed by atoms with Crippen LogP contribution in [0.2, 0.25) is 0 Å². The van der Waals surface area contributed by atoms with E-state index in [0.717, 1.165) is 18.4 Å². The molecule has 0 atom stereocenters. The molecule has 0 spiro atoms. The molecule has 2 heteroatoms. The number of hydrogen-bond donors (Lipinski definition) is 0. The molecule has 0 radical (unpaired) electrons. The lowest BCUT2D eigenvalue weighted by Crippen LogP contribution is -2.06. The first-order chi connectivity index (χ1) is 8.81. The number of benzene rings is 1. The molecule has 0 aliphatic heterocycles. The van der Waals surface area contributed by atoms with Gasteiger partial charge in [-0.15, -0.1) is 0 Å². The molecule has 0 fully saturated rings. The Morgan fingerprint density at radius 1 is 1.17 bits per heavy atom. The molecule has 1 aliphatic rings. The summed E-state index contributed by atoms with van der Waals surface area (Å²) in [4.78, 5) is 12.1. The van der Waals surface area contributed by atoms with Gasteiger partial charge >= 0.3 is 0 Å². The Morgan fingerprint density at radius 2 is 1.89 bits per heavy atom. The van der Waals surface area contributed by atoms with E-state index >= 15 is 0 Å². The molecule has 0 amide bonds. The predicted molar refractivity (Wildman–Crippen MR) is 72.9 cm³/mol. The Kier molecular flexibility index (Phi) is 4.13. The normalized spacial score (nSPS) is 15.2. The second-order valence-electron chi connectivity index (χ2n) is 4.08. The maximum atomic E-state index is 12.1. The molecule has 1 aromatic rings. The molecule has 0 heterocycles. The fourth-order valence-corrected chi connectivity index (χ4v) is 1.89. The van der Waals surface area contributed by atoms with Gasteiger partial charge in [0.15, 0.2) is 5.78 Å². The van der Waals surface area contributed by atoms with E-state index < -0.39 is 0 Å². The van der Waals surface area contributed by atoms with Gasteiger partial charge in [-0.05, 0) is 30.6 Å². The first kappa shape index (κ1) is 12.4. The van der Waals surface area contributed by atoms with Crippen LogP contribution < -0.4 is 0 Å². The minimum absolute atomic E-state index is 0.00773. The van der Waals surface area contributed by atoms with Gasteiger partial charge in [0.05, 0.1) is 12.7 Å². The molecule has 92 valence electrons. The first-order valence-electron chi connectivity index (χ1n) is 6.03. The van der Waals surface area contributed by atoms with E-state index in [4.69, 9.17) is 4.74 Å². The van der Waals surface area contributed by atoms with Crippen molar-refractivity contribution >= 4 is 11.9 Å². The van der Waals surface area contributed by atoms with Crippen LogP contribution in [0.15, 0.2) is 59.9 Å². The minimum Gasteiger partial charge on any atom is -0.496 e. The van der Waals surface area contributed by atoms with Gasteiger partial charge in [-0.2, -0.15) is 0 Å². The number of rotatable bonds is 4.